The lowest BCUT2D eigenvalue weighted by atomic mass is 9.91. The first kappa shape index (κ1) is 21.6. The molecular weight excluding hydrogens is 384 g/mol. The second-order valence-electron chi connectivity index (χ2n) is 9.02. The number of benzene rings is 2. The molecule has 3 aromatic rings. The molecule has 1 aromatic heterocycles. The number of rotatable bonds is 8. The number of hydrogen-bond donors (Lipinski definition) is 1. The lowest BCUT2D eigenvalue weighted by molar-refractivity contribution is 0.0601. The number of ether oxygens (including phenoxy) is 1. The van der Waals surface area contributed by atoms with Gasteiger partial charge in [-0.15, -0.1) is 0 Å². The number of piperidine rings is 1. The van der Waals surface area contributed by atoms with Crippen LogP contribution in [0.5, 0.6) is 0 Å². The first-order valence-electron chi connectivity index (χ1n) is 11.6. The van der Waals surface area contributed by atoms with Gasteiger partial charge < -0.3 is 14.6 Å². The Labute approximate surface area is 185 Å². The Morgan fingerprint density at radius 2 is 2.00 bits per heavy atom. The number of likely N-dealkylation sites (tertiary alicyclic amines) is 1. The number of H-pyrrole nitrogens is 1. The second kappa shape index (κ2) is 10.1. The molecule has 0 radical (unpaired) electrons. The number of aromatic amines is 1. The molecule has 1 unspecified atom stereocenters. The molecule has 4 rings (SSSR count). The highest BCUT2D eigenvalue weighted by Crippen LogP contribution is 2.23. The Balaban J connectivity index is 1.24. The number of aryl methyl sites for hydroxylation is 2. The average Bonchev–Trinajstić information content (AvgIpc) is 3.20. The topological polar surface area (TPSA) is 45.3 Å². The highest BCUT2D eigenvalue weighted by molar-refractivity contribution is 5.95. The lowest BCUT2D eigenvalue weighted by Gasteiger charge is -2.33. The van der Waals surface area contributed by atoms with E-state index in [1.165, 1.54) is 80.9 Å². The molecule has 31 heavy (non-hydrogen) atoms. The van der Waals surface area contributed by atoms with E-state index >= 15 is 0 Å². The SMILES string of the molecule is COC(=O)c1ccc2c(CCCCN3CCCC(Cc4ccc(C)cc4)C3)c[nH]c2c1. The highest BCUT2D eigenvalue weighted by atomic mass is 16.5. The maximum absolute atomic E-state index is 11.7. The standard InChI is InChI=1S/C27H34N2O2/c1-20-8-10-21(11-9-20)16-22-6-5-15-29(19-22)14-4-3-7-24-18-28-26-17-23(27(30)31-2)12-13-25(24)26/h8-13,17-18,22,28H,3-7,14-16,19H2,1-2H3. The summed E-state index contributed by atoms with van der Waals surface area (Å²) in [6, 6.07) is 14.8. The van der Waals surface area contributed by atoms with Crippen molar-refractivity contribution >= 4 is 16.9 Å². The molecule has 0 bridgehead atoms. The molecule has 0 aliphatic carbocycles. The van der Waals surface area contributed by atoms with Gasteiger partial charge in [-0.2, -0.15) is 0 Å². The first-order chi connectivity index (χ1) is 15.1. The van der Waals surface area contributed by atoms with E-state index in [-0.39, 0.29) is 5.97 Å². The van der Waals surface area contributed by atoms with Gasteiger partial charge in [-0.25, -0.2) is 4.79 Å². The van der Waals surface area contributed by atoms with Crippen LogP contribution in [0.1, 0.15) is 52.7 Å². The molecule has 1 saturated heterocycles. The fourth-order valence-corrected chi connectivity index (χ4v) is 4.87. The van der Waals surface area contributed by atoms with Crippen molar-refractivity contribution in [3.8, 4) is 0 Å². The molecule has 1 fully saturated rings. The molecule has 2 aromatic carbocycles. The van der Waals surface area contributed by atoms with E-state index in [9.17, 15) is 4.79 Å². The molecule has 1 aliphatic rings. The average molecular weight is 419 g/mol. The van der Waals surface area contributed by atoms with Gasteiger partial charge in [0, 0.05) is 23.6 Å². The summed E-state index contributed by atoms with van der Waals surface area (Å²) >= 11 is 0. The number of unbranched alkanes of at least 4 members (excludes halogenated alkanes) is 1. The van der Waals surface area contributed by atoms with Gasteiger partial charge in [-0.3, -0.25) is 0 Å². The van der Waals surface area contributed by atoms with Crippen molar-refractivity contribution < 1.29 is 9.53 Å². The highest BCUT2D eigenvalue weighted by Gasteiger charge is 2.19. The van der Waals surface area contributed by atoms with Gasteiger partial charge in [0.05, 0.1) is 12.7 Å². The van der Waals surface area contributed by atoms with Crippen LogP contribution >= 0.6 is 0 Å². The van der Waals surface area contributed by atoms with Gasteiger partial charge in [0.15, 0.2) is 0 Å². The number of hydrogen-bond acceptors (Lipinski definition) is 3. The first-order valence-corrected chi connectivity index (χ1v) is 11.6. The molecular formula is C27H34N2O2. The number of fused-ring (bicyclic) bond motifs is 1. The van der Waals surface area contributed by atoms with Crippen LogP contribution in [0.2, 0.25) is 0 Å². The van der Waals surface area contributed by atoms with Crippen LogP contribution < -0.4 is 0 Å². The zero-order valence-corrected chi connectivity index (χ0v) is 18.8. The van der Waals surface area contributed by atoms with Crippen LogP contribution in [0.3, 0.4) is 0 Å². The van der Waals surface area contributed by atoms with Gasteiger partial charge in [-0.1, -0.05) is 35.9 Å². The van der Waals surface area contributed by atoms with E-state index in [0.717, 1.165) is 17.9 Å². The van der Waals surface area contributed by atoms with Crippen molar-refractivity contribution in [3.05, 3.63) is 70.9 Å². The Hall–Kier alpha value is -2.59. The van der Waals surface area contributed by atoms with Gasteiger partial charge in [0.2, 0.25) is 0 Å². The third-order valence-electron chi connectivity index (χ3n) is 6.61. The second-order valence-corrected chi connectivity index (χ2v) is 9.02. The molecule has 0 saturated carbocycles. The maximum atomic E-state index is 11.7. The summed E-state index contributed by atoms with van der Waals surface area (Å²) in [4.78, 5) is 17.7. The summed E-state index contributed by atoms with van der Waals surface area (Å²) in [6.45, 7) is 5.83. The summed E-state index contributed by atoms with van der Waals surface area (Å²) < 4.78 is 4.82. The zero-order chi connectivity index (χ0) is 21.6. The Bertz CT molecular complexity index is 1010. The Morgan fingerprint density at radius 1 is 1.16 bits per heavy atom. The minimum Gasteiger partial charge on any atom is -0.465 e. The van der Waals surface area contributed by atoms with Crippen molar-refractivity contribution in [3.63, 3.8) is 0 Å². The van der Waals surface area contributed by atoms with Crippen molar-refractivity contribution in [2.45, 2.75) is 45.4 Å². The molecule has 1 aliphatic heterocycles. The molecule has 2 heterocycles. The lowest BCUT2D eigenvalue weighted by Crippen LogP contribution is -2.36. The summed E-state index contributed by atoms with van der Waals surface area (Å²) in [5.74, 6) is 0.495. The summed E-state index contributed by atoms with van der Waals surface area (Å²) in [5.41, 5.74) is 5.75. The van der Waals surface area contributed by atoms with Crippen molar-refractivity contribution in [1.82, 2.24) is 9.88 Å². The quantitative estimate of drug-likeness (QED) is 0.386. The van der Waals surface area contributed by atoms with Crippen LogP contribution in [0.4, 0.5) is 0 Å². The predicted octanol–water partition coefficient (Wildman–Crippen LogP) is 5.54. The summed E-state index contributed by atoms with van der Waals surface area (Å²) in [7, 11) is 1.42. The number of nitrogens with zero attached hydrogens (tertiary/aromatic N) is 1. The molecule has 1 atom stereocenters. The van der Waals surface area contributed by atoms with E-state index in [0.29, 0.717) is 5.56 Å². The third kappa shape index (κ3) is 5.56. The van der Waals surface area contributed by atoms with Crippen LogP contribution in [-0.4, -0.2) is 42.6 Å². The van der Waals surface area contributed by atoms with Crippen LogP contribution in [-0.2, 0) is 17.6 Å². The van der Waals surface area contributed by atoms with Crippen molar-refractivity contribution in [2.75, 3.05) is 26.7 Å². The monoisotopic (exact) mass is 418 g/mol. The molecule has 0 spiro atoms. The molecule has 1 N–H and O–H groups in total. The largest absolute Gasteiger partial charge is 0.465 e. The van der Waals surface area contributed by atoms with Gasteiger partial charge in [-0.05, 0) is 87.7 Å². The smallest absolute Gasteiger partial charge is 0.337 e. The maximum Gasteiger partial charge on any atom is 0.337 e. The zero-order valence-electron chi connectivity index (χ0n) is 18.8. The van der Waals surface area contributed by atoms with Crippen LogP contribution in [0.15, 0.2) is 48.7 Å². The molecule has 0 amide bonds. The van der Waals surface area contributed by atoms with Gasteiger partial charge in [0.1, 0.15) is 0 Å². The molecule has 4 heteroatoms. The Kier molecular flexibility index (Phi) is 7.08. The fourth-order valence-electron chi connectivity index (χ4n) is 4.87. The number of carbonyl (C=O) groups is 1. The minimum atomic E-state index is -0.291. The van der Waals surface area contributed by atoms with E-state index in [4.69, 9.17) is 4.74 Å². The summed E-state index contributed by atoms with van der Waals surface area (Å²) in [5, 5.41) is 1.21. The number of methoxy groups -OCH3 is 1. The Morgan fingerprint density at radius 3 is 2.81 bits per heavy atom. The van der Waals surface area contributed by atoms with Crippen LogP contribution in [0.25, 0.3) is 10.9 Å². The van der Waals surface area contributed by atoms with Crippen LogP contribution in [0, 0.1) is 12.8 Å². The molecule has 164 valence electrons. The minimum absolute atomic E-state index is 0.291. The van der Waals surface area contributed by atoms with E-state index in [1.54, 1.807) is 0 Å². The summed E-state index contributed by atoms with van der Waals surface area (Å²) in [6.07, 6.45) is 9.45. The van der Waals surface area contributed by atoms with Gasteiger partial charge in [0.25, 0.3) is 0 Å². The fraction of sp³-hybridized carbons (Fsp3) is 0.444. The van der Waals surface area contributed by atoms with E-state index < -0.39 is 0 Å². The number of nitrogens with one attached hydrogen (secondary N) is 1. The molecule has 4 nitrogen and oxygen atoms in total. The number of aromatic nitrogens is 1. The van der Waals surface area contributed by atoms with Crippen molar-refractivity contribution in [1.29, 1.82) is 0 Å². The van der Waals surface area contributed by atoms with E-state index in [2.05, 4.69) is 47.3 Å². The third-order valence-corrected chi connectivity index (χ3v) is 6.61. The van der Waals surface area contributed by atoms with Gasteiger partial charge >= 0.3 is 5.97 Å². The van der Waals surface area contributed by atoms with Crippen molar-refractivity contribution in [2.24, 2.45) is 5.92 Å². The normalized spacial score (nSPS) is 17.2. The predicted molar refractivity (Wildman–Crippen MR) is 127 cm³/mol. The van der Waals surface area contributed by atoms with E-state index in [1.807, 2.05) is 18.2 Å². The number of carbonyl (C=O) groups excluding carboxylic acids is 1. The number of esters is 1.